The Hall–Kier alpha value is -0.970. The van der Waals surface area contributed by atoms with Gasteiger partial charge in [-0.3, -0.25) is 4.79 Å². The molecule has 0 aliphatic carbocycles. The number of aryl methyl sites for hydroxylation is 1. The number of hydrogen-bond donors (Lipinski definition) is 2. The molecule has 1 amide bonds. The van der Waals surface area contributed by atoms with Crippen molar-refractivity contribution in [2.75, 3.05) is 25.9 Å². The van der Waals surface area contributed by atoms with Gasteiger partial charge in [-0.25, -0.2) is 0 Å². The first kappa shape index (κ1) is 17.1. The van der Waals surface area contributed by atoms with Gasteiger partial charge in [0.05, 0.1) is 0 Å². The van der Waals surface area contributed by atoms with Gasteiger partial charge in [-0.2, -0.15) is 0 Å². The van der Waals surface area contributed by atoms with Gasteiger partial charge in [-0.05, 0) is 43.8 Å². The number of hydrogen-bond acceptors (Lipinski definition) is 3. The van der Waals surface area contributed by atoms with Gasteiger partial charge in [0.2, 0.25) is 0 Å². The first-order chi connectivity index (χ1) is 9.20. The third-order valence-electron chi connectivity index (χ3n) is 3.32. The molecule has 0 unspecified atom stereocenters. The van der Waals surface area contributed by atoms with E-state index in [0.29, 0.717) is 6.54 Å². The summed E-state index contributed by atoms with van der Waals surface area (Å²) in [7, 11) is 0. The second-order valence-electron chi connectivity index (χ2n) is 4.68. The molecule has 1 aromatic carbocycles. The van der Waals surface area contributed by atoms with Crippen molar-refractivity contribution in [2.45, 2.75) is 18.2 Å². The van der Waals surface area contributed by atoms with E-state index in [-0.39, 0.29) is 18.3 Å². The van der Waals surface area contributed by atoms with E-state index in [2.05, 4.69) is 16.7 Å². The van der Waals surface area contributed by atoms with Crippen LogP contribution in [0.25, 0.3) is 0 Å². The number of benzene rings is 1. The Morgan fingerprint density at radius 3 is 2.90 bits per heavy atom. The van der Waals surface area contributed by atoms with Gasteiger partial charge in [0.1, 0.15) is 0 Å². The highest BCUT2D eigenvalue weighted by Crippen LogP contribution is 2.19. The van der Waals surface area contributed by atoms with Gasteiger partial charge < -0.3 is 10.6 Å². The number of halogens is 1. The largest absolute Gasteiger partial charge is 0.348 e. The number of thioether (sulfide) groups is 1. The molecule has 2 N–H and O–H groups in total. The molecule has 5 heteroatoms. The molecule has 0 aromatic heterocycles. The van der Waals surface area contributed by atoms with Gasteiger partial charge in [0, 0.05) is 23.5 Å². The Morgan fingerprint density at radius 2 is 2.25 bits per heavy atom. The van der Waals surface area contributed by atoms with Crippen molar-refractivity contribution in [1.82, 2.24) is 10.6 Å². The normalized spacial score (nSPS) is 14.2. The molecule has 0 spiro atoms. The molecule has 0 saturated carbocycles. The van der Waals surface area contributed by atoms with Crippen LogP contribution in [0.4, 0.5) is 0 Å². The average Bonchev–Trinajstić information content (AvgIpc) is 2.46. The first-order valence-electron chi connectivity index (χ1n) is 6.52. The van der Waals surface area contributed by atoms with Crippen molar-refractivity contribution >= 4 is 30.1 Å². The standard InChI is InChI=1S/C15H20N2OS.ClH/c1-11-3-4-13(19-2)9-14(11)15(18)17-10-12-5-7-16-8-6-12;/h3-5,9,16H,6-8,10H2,1-2H3,(H,17,18);1H. The number of amides is 1. The fourth-order valence-electron chi connectivity index (χ4n) is 2.09. The summed E-state index contributed by atoms with van der Waals surface area (Å²) in [5.74, 6) is 0.0211. The lowest BCUT2D eigenvalue weighted by atomic mass is 10.1. The summed E-state index contributed by atoms with van der Waals surface area (Å²) in [6.45, 7) is 4.54. The van der Waals surface area contributed by atoms with Crippen LogP contribution in [0.15, 0.2) is 34.7 Å². The summed E-state index contributed by atoms with van der Waals surface area (Å²) in [4.78, 5) is 13.3. The molecule has 0 fully saturated rings. The van der Waals surface area contributed by atoms with E-state index >= 15 is 0 Å². The minimum Gasteiger partial charge on any atom is -0.348 e. The van der Waals surface area contributed by atoms with E-state index in [1.807, 2.05) is 31.4 Å². The Bertz CT molecular complexity index is 503. The average molecular weight is 313 g/mol. The molecule has 1 aromatic rings. The lowest BCUT2D eigenvalue weighted by Crippen LogP contribution is -2.30. The molecule has 20 heavy (non-hydrogen) atoms. The topological polar surface area (TPSA) is 41.1 Å². The van der Waals surface area contributed by atoms with Gasteiger partial charge in [0.25, 0.3) is 5.91 Å². The second-order valence-corrected chi connectivity index (χ2v) is 5.56. The summed E-state index contributed by atoms with van der Waals surface area (Å²) in [6.07, 6.45) is 5.20. The number of nitrogens with one attached hydrogen (secondary N) is 2. The monoisotopic (exact) mass is 312 g/mol. The Balaban J connectivity index is 0.00000200. The van der Waals surface area contributed by atoms with Crippen LogP contribution in [-0.2, 0) is 0 Å². The Kier molecular flexibility index (Phi) is 7.13. The molecular formula is C15H21ClN2OS. The lowest BCUT2D eigenvalue weighted by Gasteiger charge is -2.15. The number of carbonyl (C=O) groups is 1. The summed E-state index contributed by atoms with van der Waals surface area (Å²) < 4.78 is 0. The molecule has 1 heterocycles. The van der Waals surface area contributed by atoms with Crippen LogP contribution in [0.1, 0.15) is 22.3 Å². The van der Waals surface area contributed by atoms with Crippen LogP contribution in [0.5, 0.6) is 0 Å². The fourth-order valence-corrected chi connectivity index (χ4v) is 2.53. The van der Waals surface area contributed by atoms with Gasteiger partial charge in [-0.15, -0.1) is 24.2 Å². The van der Waals surface area contributed by atoms with Gasteiger partial charge in [-0.1, -0.05) is 17.7 Å². The summed E-state index contributed by atoms with van der Waals surface area (Å²) >= 11 is 1.66. The van der Waals surface area contributed by atoms with Crippen molar-refractivity contribution in [1.29, 1.82) is 0 Å². The van der Waals surface area contributed by atoms with Crippen molar-refractivity contribution in [3.8, 4) is 0 Å². The molecule has 0 atom stereocenters. The molecule has 1 aliphatic heterocycles. The SMILES string of the molecule is CSc1ccc(C)c(C(=O)NCC2=CCNCC2)c1.Cl. The third-order valence-corrected chi connectivity index (χ3v) is 4.05. The quantitative estimate of drug-likeness (QED) is 0.663. The third kappa shape index (κ3) is 4.54. The maximum atomic E-state index is 12.2. The zero-order chi connectivity index (χ0) is 13.7. The van der Waals surface area contributed by atoms with E-state index in [9.17, 15) is 4.79 Å². The van der Waals surface area contributed by atoms with Crippen LogP contribution in [0.3, 0.4) is 0 Å². The smallest absolute Gasteiger partial charge is 0.251 e. The Labute approximate surface area is 131 Å². The highest BCUT2D eigenvalue weighted by Gasteiger charge is 2.11. The number of carbonyl (C=O) groups excluding carboxylic acids is 1. The molecule has 2 rings (SSSR count). The summed E-state index contributed by atoms with van der Waals surface area (Å²) in [6, 6.07) is 6.02. The van der Waals surface area contributed by atoms with Crippen molar-refractivity contribution in [3.63, 3.8) is 0 Å². The number of rotatable bonds is 4. The highest BCUT2D eigenvalue weighted by molar-refractivity contribution is 7.98. The van der Waals surface area contributed by atoms with E-state index < -0.39 is 0 Å². The molecular weight excluding hydrogens is 292 g/mol. The molecule has 1 aliphatic rings. The van der Waals surface area contributed by atoms with Gasteiger partial charge >= 0.3 is 0 Å². The van der Waals surface area contributed by atoms with Crippen molar-refractivity contribution in [2.24, 2.45) is 0 Å². The minimum atomic E-state index is 0. The maximum absolute atomic E-state index is 12.2. The second kappa shape index (κ2) is 8.35. The maximum Gasteiger partial charge on any atom is 0.251 e. The predicted molar refractivity (Wildman–Crippen MR) is 88.1 cm³/mol. The molecule has 0 radical (unpaired) electrons. The van der Waals surface area contributed by atoms with E-state index in [1.165, 1.54) is 5.57 Å². The molecule has 0 bridgehead atoms. The van der Waals surface area contributed by atoms with Crippen LogP contribution in [0, 0.1) is 6.92 Å². The van der Waals surface area contributed by atoms with Crippen molar-refractivity contribution < 1.29 is 4.79 Å². The van der Waals surface area contributed by atoms with Crippen LogP contribution >= 0.6 is 24.2 Å². The minimum absolute atomic E-state index is 0. The van der Waals surface area contributed by atoms with E-state index in [0.717, 1.165) is 35.5 Å². The first-order valence-corrected chi connectivity index (χ1v) is 7.74. The van der Waals surface area contributed by atoms with Crippen LogP contribution < -0.4 is 10.6 Å². The molecule has 0 saturated heterocycles. The van der Waals surface area contributed by atoms with Crippen LogP contribution in [0.2, 0.25) is 0 Å². The fraction of sp³-hybridized carbons (Fsp3) is 0.400. The Morgan fingerprint density at radius 1 is 1.45 bits per heavy atom. The van der Waals surface area contributed by atoms with E-state index in [1.54, 1.807) is 11.8 Å². The van der Waals surface area contributed by atoms with Crippen LogP contribution in [-0.4, -0.2) is 31.8 Å². The summed E-state index contributed by atoms with van der Waals surface area (Å²) in [5.41, 5.74) is 3.11. The van der Waals surface area contributed by atoms with Gasteiger partial charge in [0.15, 0.2) is 0 Å². The predicted octanol–water partition coefficient (Wildman–Crippen LogP) is 2.79. The molecule has 110 valence electrons. The zero-order valence-corrected chi connectivity index (χ0v) is 13.5. The highest BCUT2D eigenvalue weighted by atomic mass is 35.5. The molecule has 3 nitrogen and oxygen atoms in total. The zero-order valence-electron chi connectivity index (χ0n) is 11.9. The van der Waals surface area contributed by atoms with E-state index in [4.69, 9.17) is 0 Å². The van der Waals surface area contributed by atoms with Crippen molar-refractivity contribution in [3.05, 3.63) is 41.0 Å². The summed E-state index contributed by atoms with van der Waals surface area (Å²) in [5, 5.41) is 6.28. The lowest BCUT2D eigenvalue weighted by molar-refractivity contribution is 0.0956.